The summed E-state index contributed by atoms with van der Waals surface area (Å²) in [5, 5.41) is 2.39. The molecule has 0 N–H and O–H groups in total. The Morgan fingerprint density at radius 2 is 1.32 bits per heavy atom. The maximum Gasteiger partial charge on any atom is 0.163 e. The van der Waals surface area contributed by atoms with Gasteiger partial charge in [0.25, 0.3) is 0 Å². The van der Waals surface area contributed by atoms with E-state index in [2.05, 4.69) is 80.4 Å². The number of halogens is 2. The largest absolute Gasteiger partial charge is 0.294 e. The Bertz CT molecular complexity index is 1110. The van der Waals surface area contributed by atoms with Gasteiger partial charge in [-0.25, -0.2) is 0 Å². The van der Waals surface area contributed by atoms with Gasteiger partial charge < -0.3 is 0 Å². The predicted octanol–water partition coefficient (Wildman–Crippen LogP) is 7.77. The number of ketones is 1. The summed E-state index contributed by atoms with van der Waals surface area (Å²) in [4.78, 5) is 13.1. The molecule has 0 saturated carbocycles. The van der Waals surface area contributed by atoms with Crippen LogP contribution in [0.4, 0.5) is 0 Å². The molecular formula is C25H18Br2O. The molecule has 4 aromatic carbocycles. The lowest BCUT2D eigenvalue weighted by molar-refractivity contribution is 0.0978. The van der Waals surface area contributed by atoms with Crippen molar-refractivity contribution in [2.75, 3.05) is 0 Å². The fraction of sp³-hybridized carbons (Fsp3) is 0.0800. The number of hydrogen-bond acceptors (Lipinski definition) is 1. The van der Waals surface area contributed by atoms with E-state index in [0.29, 0.717) is 6.42 Å². The fourth-order valence-corrected chi connectivity index (χ4v) is 4.12. The van der Waals surface area contributed by atoms with Crippen molar-refractivity contribution in [1.29, 1.82) is 0 Å². The maximum absolute atomic E-state index is 13.1. The van der Waals surface area contributed by atoms with Crippen LogP contribution in [0, 0.1) is 0 Å². The van der Waals surface area contributed by atoms with Gasteiger partial charge >= 0.3 is 0 Å². The van der Waals surface area contributed by atoms with Crippen molar-refractivity contribution in [3.8, 4) is 0 Å². The third-order valence-corrected chi connectivity index (χ3v) is 6.08. The number of benzene rings is 4. The third kappa shape index (κ3) is 4.11. The van der Waals surface area contributed by atoms with Crippen molar-refractivity contribution in [3.05, 3.63) is 117 Å². The Hall–Kier alpha value is -2.23. The second kappa shape index (κ2) is 8.42. The van der Waals surface area contributed by atoms with E-state index in [1.54, 1.807) is 0 Å². The van der Waals surface area contributed by atoms with Crippen LogP contribution in [-0.4, -0.2) is 5.78 Å². The molecule has 4 rings (SSSR count). The van der Waals surface area contributed by atoms with Crippen molar-refractivity contribution in [2.45, 2.75) is 12.3 Å². The maximum atomic E-state index is 13.1. The van der Waals surface area contributed by atoms with Crippen molar-refractivity contribution in [3.63, 3.8) is 0 Å². The number of rotatable bonds is 5. The molecule has 1 atom stereocenters. The molecule has 0 amide bonds. The van der Waals surface area contributed by atoms with E-state index < -0.39 is 0 Å². The van der Waals surface area contributed by atoms with Gasteiger partial charge in [-0.05, 0) is 46.2 Å². The van der Waals surface area contributed by atoms with E-state index in [1.165, 1.54) is 16.3 Å². The number of carbonyl (C=O) groups is 1. The average molecular weight is 494 g/mol. The third-order valence-electron chi connectivity index (χ3n) is 5.03. The lowest BCUT2D eigenvalue weighted by Gasteiger charge is -2.20. The summed E-state index contributed by atoms with van der Waals surface area (Å²) in [6, 6.07) is 30.6. The molecule has 0 aliphatic carbocycles. The van der Waals surface area contributed by atoms with E-state index >= 15 is 0 Å². The smallest absolute Gasteiger partial charge is 0.163 e. The van der Waals surface area contributed by atoms with Crippen molar-refractivity contribution in [1.82, 2.24) is 0 Å². The molecule has 138 valence electrons. The summed E-state index contributed by atoms with van der Waals surface area (Å²) in [7, 11) is 0. The van der Waals surface area contributed by atoms with Crippen LogP contribution in [0.5, 0.6) is 0 Å². The quantitative estimate of drug-likeness (QED) is 0.259. The molecule has 0 aliphatic rings. The van der Waals surface area contributed by atoms with Crippen molar-refractivity contribution >= 4 is 48.4 Å². The second-order valence-corrected chi connectivity index (χ2v) is 8.64. The van der Waals surface area contributed by atoms with Gasteiger partial charge in [0, 0.05) is 26.8 Å². The average Bonchev–Trinajstić information content (AvgIpc) is 2.73. The summed E-state index contributed by atoms with van der Waals surface area (Å²) >= 11 is 6.95. The van der Waals surface area contributed by atoms with Crippen LogP contribution in [0.3, 0.4) is 0 Å². The van der Waals surface area contributed by atoms with Crippen molar-refractivity contribution in [2.24, 2.45) is 0 Å². The van der Waals surface area contributed by atoms with Crippen LogP contribution in [-0.2, 0) is 0 Å². The molecule has 0 aliphatic heterocycles. The molecule has 1 nitrogen and oxygen atoms in total. The summed E-state index contributed by atoms with van der Waals surface area (Å²) in [6.45, 7) is 0. The van der Waals surface area contributed by atoms with Gasteiger partial charge in [0.2, 0.25) is 0 Å². The highest BCUT2D eigenvalue weighted by atomic mass is 79.9. The molecule has 3 heteroatoms. The molecule has 0 aromatic heterocycles. The van der Waals surface area contributed by atoms with E-state index in [0.717, 1.165) is 20.1 Å². The highest BCUT2D eigenvalue weighted by molar-refractivity contribution is 9.10. The van der Waals surface area contributed by atoms with Gasteiger partial charge in [-0.1, -0.05) is 98.6 Å². The Kier molecular flexibility index (Phi) is 5.74. The first-order valence-corrected chi connectivity index (χ1v) is 10.7. The Labute approximate surface area is 181 Å². The Morgan fingerprint density at radius 1 is 0.714 bits per heavy atom. The normalized spacial score (nSPS) is 12.1. The first-order valence-electron chi connectivity index (χ1n) is 9.14. The van der Waals surface area contributed by atoms with E-state index in [-0.39, 0.29) is 11.7 Å². The predicted molar refractivity (Wildman–Crippen MR) is 123 cm³/mol. The highest BCUT2D eigenvalue weighted by Gasteiger charge is 2.21. The zero-order chi connectivity index (χ0) is 19.5. The zero-order valence-corrected chi connectivity index (χ0v) is 18.3. The summed E-state index contributed by atoms with van der Waals surface area (Å²) < 4.78 is 2.01. The lowest BCUT2D eigenvalue weighted by Crippen LogP contribution is -2.10. The standard InChI is InChI=1S/C25H18Br2O/c26-20-12-8-18(9-13-20)24(16-25(28)19-10-14-21(27)15-11-19)23-7-3-5-17-4-1-2-6-22(17)23/h1-15,24H,16H2. The Morgan fingerprint density at radius 3 is 2.04 bits per heavy atom. The first-order chi connectivity index (χ1) is 13.6. The lowest BCUT2D eigenvalue weighted by atomic mass is 9.83. The molecule has 0 heterocycles. The van der Waals surface area contributed by atoms with Crippen LogP contribution in [0.1, 0.15) is 33.8 Å². The van der Waals surface area contributed by atoms with Gasteiger partial charge in [0.15, 0.2) is 5.78 Å². The molecule has 0 radical (unpaired) electrons. The highest BCUT2D eigenvalue weighted by Crippen LogP contribution is 2.35. The first kappa shape index (κ1) is 19.1. The van der Waals surface area contributed by atoms with E-state index in [4.69, 9.17) is 0 Å². The second-order valence-electron chi connectivity index (χ2n) is 6.81. The van der Waals surface area contributed by atoms with Gasteiger partial charge in [0.1, 0.15) is 0 Å². The molecule has 0 spiro atoms. The Balaban J connectivity index is 1.79. The minimum Gasteiger partial charge on any atom is -0.294 e. The molecule has 4 aromatic rings. The minimum absolute atomic E-state index is 0.00431. The van der Waals surface area contributed by atoms with Crippen LogP contribution >= 0.6 is 31.9 Å². The molecule has 28 heavy (non-hydrogen) atoms. The van der Waals surface area contributed by atoms with E-state index in [9.17, 15) is 4.79 Å². The SMILES string of the molecule is O=C(CC(c1ccc(Br)cc1)c1cccc2ccccc12)c1ccc(Br)cc1. The summed E-state index contributed by atoms with van der Waals surface area (Å²) in [5.74, 6) is 0.142. The number of Topliss-reactive ketones (excluding diaryl/α,β-unsaturated/α-hetero) is 1. The van der Waals surface area contributed by atoms with Crippen LogP contribution in [0.15, 0.2) is 99.9 Å². The van der Waals surface area contributed by atoms with Gasteiger partial charge in [-0.2, -0.15) is 0 Å². The van der Waals surface area contributed by atoms with Crippen molar-refractivity contribution < 1.29 is 4.79 Å². The minimum atomic E-state index is -0.00431. The number of hydrogen-bond donors (Lipinski definition) is 0. The molecule has 0 fully saturated rings. The van der Waals surface area contributed by atoms with Crippen LogP contribution in [0.2, 0.25) is 0 Å². The van der Waals surface area contributed by atoms with E-state index in [1.807, 2.05) is 42.5 Å². The fourth-order valence-electron chi connectivity index (χ4n) is 3.60. The number of carbonyl (C=O) groups excluding carboxylic acids is 1. The summed E-state index contributed by atoms with van der Waals surface area (Å²) in [5.41, 5.74) is 3.07. The zero-order valence-electron chi connectivity index (χ0n) is 15.1. The molecule has 0 bridgehead atoms. The van der Waals surface area contributed by atoms with Gasteiger partial charge in [-0.3, -0.25) is 4.79 Å². The van der Waals surface area contributed by atoms with Gasteiger partial charge in [-0.15, -0.1) is 0 Å². The van der Waals surface area contributed by atoms with Gasteiger partial charge in [0.05, 0.1) is 0 Å². The van der Waals surface area contributed by atoms with Crippen LogP contribution in [0.25, 0.3) is 10.8 Å². The van der Waals surface area contributed by atoms with Crippen LogP contribution < -0.4 is 0 Å². The summed E-state index contributed by atoms with van der Waals surface area (Å²) in [6.07, 6.45) is 0.428. The topological polar surface area (TPSA) is 17.1 Å². The molecule has 0 saturated heterocycles. The molecular weight excluding hydrogens is 476 g/mol. The number of fused-ring (bicyclic) bond motifs is 1. The monoisotopic (exact) mass is 492 g/mol. The molecule has 1 unspecified atom stereocenters.